The highest BCUT2D eigenvalue weighted by atomic mass is 35.5. The van der Waals surface area contributed by atoms with Crippen molar-refractivity contribution in [1.29, 1.82) is 0 Å². The molecule has 1 amide bonds. The Morgan fingerprint density at radius 3 is 2.31 bits per heavy atom. The number of thiophene rings is 2. The second-order valence-corrected chi connectivity index (χ2v) is 8.35. The molecule has 3 rings (SSSR count). The number of ether oxygens (including phenoxy) is 2. The van der Waals surface area contributed by atoms with Crippen LogP contribution in [0.2, 0.25) is 5.02 Å². The molecule has 0 atom stereocenters. The zero-order valence-electron chi connectivity index (χ0n) is 16.0. The smallest absolute Gasteiger partial charge is 0.348 e. The number of rotatable bonds is 6. The first-order valence-corrected chi connectivity index (χ1v) is 10.9. The third-order valence-corrected chi connectivity index (χ3v) is 6.92. The van der Waals surface area contributed by atoms with E-state index >= 15 is 0 Å². The van der Waals surface area contributed by atoms with Crippen LogP contribution >= 0.6 is 34.3 Å². The zero-order chi connectivity index (χ0) is 21.1. The average Bonchev–Trinajstić information content (AvgIpc) is 3.20. The second kappa shape index (κ2) is 8.94. The summed E-state index contributed by atoms with van der Waals surface area (Å²) < 4.78 is 11.0. The van der Waals surface area contributed by atoms with E-state index in [-0.39, 0.29) is 28.7 Å². The average molecular weight is 452 g/mol. The van der Waals surface area contributed by atoms with Crippen molar-refractivity contribution in [2.24, 2.45) is 0 Å². The van der Waals surface area contributed by atoms with Crippen LogP contribution in [0.3, 0.4) is 0 Å². The van der Waals surface area contributed by atoms with E-state index in [2.05, 4.69) is 5.32 Å². The van der Waals surface area contributed by atoms with Crippen LogP contribution < -0.4 is 5.32 Å². The Balaban J connectivity index is 2.01. The number of anilines is 1. The number of carbonyl (C=O) groups is 3. The lowest BCUT2D eigenvalue weighted by atomic mass is 10.1. The molecule has 1 aromatic carbocycles. The van der Waals surface area contributed by atoms with E-state index in [1.807, 2.05) is 24.3 Å². The van der Waals surface area contributed by atoms with Gasteiger partial charge in [0.1, 0.15) is 14.8 Å². The van der Waals surface area contributed by atoms with E-state index in [0.29, 0.717) is 15.5 Å². The van der Waals surface area contributed by atoms with Gasteiger partial charge in [0.25, 0.3) is 5.91 Å². The largest absolute Gasteiger partial charge is 0.462 e. The Bertz CT molecular complexity index is 1100. The van der Waals surface area contributed by atoms with Gasteiger partial charge in [0, 0.05) is 10.1 Å². The van der Waals surface area contributed by atoms with Gasteiger partial charge in [0.2, 0.25) is 0 Å². The van der Waals surface area contributed by atoms with Crippen molar-refractivity contribution in [3.8, 4) is 0 Å². The van der Waals surface area contributed by atoms with Crippen LogP contribution in [0.25, 0.3) is 10.1 Å². The zero-order valence-corrected chi connectivity index (χ0v) is 18.3. The van der Waals surface area contributed by atoms with E-state index in [9.17, 15) is 14.4 Å². The van der Waals surface area contributed by atoms with Gasteiger partial charge >= 0.3 is 11.9 Å². The summed E-state index contributed by atoms with van der Waals surface area (Å²) in [7, 11) is 0. The molecule has 0 aliphatic rings. The summed E-state index contributed by atoms with van der Waals surface area (Å²) in [6.45, 7) is 5.36. The Morgan fingerprint density at radius 1 is 1.00 bits per heavy atom. The van der Waals surface area contributed by atoms with Crippen molar-refractivity contribution in [2.75, 3.05) is 18.5 Å². The van der Waals surface area contributed by atoms with Crippen LogP contribution in [0, 0.1) is 6.92 Å². The van der Waals surface area contributed by atoms with Gasteiger partial charge in [-0.3, -0.25) is 4.79 Å². The van der Waals surface area contributed by atoms with Crippen LogP contribution in [-0.2, 0) is 9.47 Å². The van der Waals surface area contributed by atoms with Crippen LogP contribution in [0.15, 0.2) is 24.3 Å². The van der Waals surface area contributed by atoms with E-state index in [4.69, 9.17) is 21.1 Å². The van der Waals surface area contributed by atoms with E-state index < -0.39 is 17.8 Å². The first-order valence-electron chi connectivity index (χ1n) is 8.85. The summed E-state index contributed by atoms with van der Waals surface area (Å²) in [5, 5.41) is 4.08. The quantitative estimate of drug-likeness (QED) is 0.498. The minimum absolute atomic E-state index is 0.144. The van der Waals surface area contributed by atoms with Crippen LogP contribution in [0.5, 0.6) is 0 Å². The summed E-state index contributed by atoms with van der Waals surface area (Å²) in [6, 6.07) is 7.42. The van der Waals surface area contributed by atoms with Gasteiger partial charge in [-0.15, -0.1) is 22.7 Å². The Morgan fingerprint density at radius 2 is 1.66 bits per heavy atom. The number of nitrogens with one attached hydrogen (secondary N) is 1. The van der Waals surface area contributed by atoms with Gasteiger partial charge in [0.05, 0.1) is 23.8 Å². The third-order valence-electron chi connectivity index (χ3n) is 4.06. The van der Waals surface area contributed by atoms with Crippen molar-refractivity contribution in [1.82, 2.24) is 0 Å². The maximum absolute atomic E-state index is 12.9. The number of carbonyl (C=O) groups excluding carboxylic acids is 3. The highest BCUT2D eigenvalue weighted by Gasteiger charge is 2.28. The number of fused-ring (bicyclic) bond motifs is 1. The number of hydrogen-bond donors (Lipinski definition) is 1. The van der Waals surface area contributed by atoms with Crippen molar-refractivity contribution in [2.45, 2.75) is 20.8 Å². The maximum Gasteiger partial charge on any atom is 0.348 e. The molecule has 0 fully saturated rings. The fourth-order valence-corrected chi connectivity index (χ4v) is 5.26. The van der Waals surface area contributed by atoms with Crippen molar-refractivity contribution in [3.63, 3.8) is 0 Å². The lowest BCUT2D eigenvalue weighted by Gasteiger charge is -2.06. The molecule has 0 unspecified atom stereocenters. The van der Waals surface area contributed by atoms with Gasteiger partial charge in [-0.05, 0) is 32.4 Å². The summed E-state index contributed by atoms with van der Waals surface area (Å²) in [6.07, 6.45) is 0. The molecule has 0 radical (unpaired) electrons. The molecule has 0 spiro atoms. The van der Waals surface area contributed by atoms with E-state index in [0.717, 1.165) is 21.4 Å². The minimum atomic E-state index is -0.616. The Kier molecular flexibility index (Phi) is 6.56. The molecule has 2 heterocycles. The fourth-order valence-electron chi connectivity index (χ4n) is 2.76. The van der Waals surface area contributed by atoms with Gasteiger partial charge in [0.15, 0.2) is 0 Å². The van der Waals surface area contributed by atoms with Crippen LogP contribution in [0.4, 0.5) is 5.00 Å². The van der Waals surface area contributed by atoms with Crippen molar-refractivity contribution in [3.05, 3.63) is 50.2 Å². The van der Waals surface area contributed by atoms with Crippen molar-refractivity contribution >= 4 is 67.2 Å². The topological polar surface area (TPSA) is 81.7 Å². The molecule has 0 aliphatic carbocycles. The lowest BCUT2D eigenvalue weighted by molar-refractivity contribution is 0.0527. The molecule has 1 N–H and O–H groups in total. The third kappa shape index (κ3) is 4.14. The summed E-state index contributed by atoms with van der Waals surface area (Å²) in [4.78, 5) is 38.2. The number of esters is 2. The van der Waals surface area contributed by atoms with Gasteiger partial charge in [-0.25, -0.2) is 9.59 Å². The minimum Gasteiger partial charge on any atom is -0.462 e. The normalized spacial score (nSPS) is 10.8. The number of benzene rings is 1. The van der Waals surface area contributed by atoms with Crippen molar-refractivity contribution < 1.29 is 23.9 Å². The number of halogens is 1. The molecule has 0 saturated carbocycles. The standard InChI is InChI=1S/C20H18ClNO5S2/c1-4-26-19(24)13-10(3)15(20(25)27-5-2)29-18(13)22-17(23)16-14(21)11-8-6-7-9-12(11)28-16/h6-9H,4-5H2,1-3H3,(H,22,23). The molecule has 0 aliphatic heterocycles. The molecule has 0 bridgehead atoms. The molecule has 152 valence electrons. The van der Waals surface area contributed by atoms with Gasteiger partial charge < -0.3 is 14.8 Å². The Labute approximate surface area is 180 Å². The predicted molar refractivity (Wildman–Crippen MR) is 116 cm³/mol. The summed E-state index contributed by atoms with van der Waals surface area (Å²) in [5.74, 6) is -1.63. The Hall–Kier alpha value is -2.42. The molecular weight excluding hydrogens is 434 g/mol. The van der Waals surface area contributed by atoms with Gasteiger partial charge in [-0.2, -0.15) is 0 Å². The van der Waals surface area contributed by atoms with E-state index in [1.165, 1.54) is 11.3 Å². The first kappa shape index (κ1) is 21.3. The highest BCUT2D eigenvalue weighted by molar-refractivity contribution is 7.22. The molecule has 29 heavy (non-hydrogen) atoms. The molecule has 9 heteroatoms. The summed E-state index contributed by atoms with van der Waals surface area (Å²) >= 11 is 8.62. The van der Waals surface area contributed by atoms with E-state index in [1.54, 1.807) is 20.8 Å². The molecule has 3 aromatic rings. The van der Waals surface area contributed by atoms with Crippen LogP contribution in [-0.4, -0.2) is 31.1 Å². The summed E-state index contributed by atoms with van der Waals surface area (Å²) in [5.41, 5.74) is 0.551. The SMILES string of the molecule is CCOC(=O)c1sc(NC(=O)c2sc3ccccc3c2Cl)c(C(=O)OCC)c1C. The van der Waals surface area contributed by atoms with Gasteiger partial charge in [-0.1, -0.05) is 29.8 Å². The number of hydrogen-bond acceptors (Lipinski definition) is 7. The molecule has 0 saturated heterocycles. The molecular formula is C20H18ClNO5S2. The molecule has 2 aromatic heterocycles. The molecule has 6 nitrogen and oxygen atoms in total. The highest BCUT2D eigenvalue weighted by Crippen LogP contribution is 2.38. The second-order valence-electron chi connectivity index (χ2n) is 5.90. The monoisotopic (exact) mass is 451 g/mol. The predicted octanol–water partition coefficient (Wildman–Crippen LogP) is 5.53. The lowest BCUT2D eigenvalue weighted by Crippen LogP contribution is -2.14. The maximum atomic E-state index is 12.9. The number of amides is 1. The fraction of sp³-hybridized carbons (Fsp3) is 0.250. The first-order chi connectivity index (χ1) is 13.9. The van der Waals surface area contributed by atoms with Crippen LogP contribution in [0.1, 0.15) is 49.1 Å².